The molecular formula is C26H40F3N3O3. The van der Waals surface area contributed by atoms with E-state index in [4.69, 9.17) is 9.84 Å². The molecule has 2 rings (SSSR count). The van der Waals surface area contributed by atoms with Gasteiger partial charge in [-0.25, -0.2) is 4.99 Å². The number of likely N-dealkylation sites (tertiary alicyclic amines) is 1. The number of nitrogens with zero attached hydrogens (tertiary/aromatic N) is 3. The van der Waals surface area contributed by atoms with Crippen LogP contribution in [-0.2, 0) is 11.4 Å². The van der Waals surface area contributed by atoms with E-state index < -0.39 is 12.1 Å². The molecule has 1 aliphatic heterocycles. The summed E-state index contributed by atoms with van der Waals surface area (Å²) in [5, 5.41) is 9.06. The summed E-state index contributed by atoms with van der Waals surface area (Å²) in [6.45, 7) is 13.4. The molecule has 0 aromatic heterocycles. The topological polar surface area (TPSA) is 65.4 Å². The minimum atomic E-state index is -4.51. The molecule has 1 heterocycles. The summed E-state index contributed by atoms with van der Waals surface area (Å²) in [5.41, 5.74) is 0.733. The summed E-state index contributed by atoms with van der Waals surface area (Å²) in [6.07, 6.45) is -0.276. The average molecular weight is 500 g/mol. The van der Waals surface area contributed by atoms with Crippen molar-refractivity contribution in [1.82, 2.24) is 9.80 Å². The van der Waals surface area contributed by atoms with Crippen LogP contribution in [0.1, 0.15) is 46.6 Å². The van der Waals surface area contributed by atoms with Crippen molar-refractivity contribution in [3.05, 3.63) is 54.8 Å². The van der Waals surface area contributed by atoms with Crippen molar-refractivity contribution >= 4 is 11.7 Å². The molecule has 0 saturated carbocycles. The molecule has 1 saturated heterocycles. The Morgan fingerprint density at radius 1 is 1.29 bits per heavy atom. The van der Waals surface area contributed by atoms with Gasteiger partial charge in [-0.05, 0) is 31.0 Å². The zero-order valence-electron chi connectivity index (χ0n) is 21.7. The molecule has 1 aliphatic rings. The molecule has 0 bridgehead atoms. The predicted octanol–water partition coefficient (Wildman–Crippen LogP) is 5.44. The number of carbonyl (C=O) groups excluding carboxylic acids is 1. The second kappa shape index (κ2) is 16.8. The molecule has 0 spiro atoms. The van der Waals surface area contributed by atoms with Gasteiger partial charge >= 0.3 is 6.18 Å². The number of rotatable bonds is 8. The van der Waals surface area contributed by atoms with Crippen LogP contribution in [0.25, 0.3) is 0 Å². The van der Waals surface area contributed by atoms with Gasteiger partial charge < -0.3 is 19.6 Å². The van der Waals surface area contributed by atoms with Gasteiger partial charge in [-0.15, -0.1) is 6.58 Å². The van der Waals surface area contributed by atoms with Gasteiger partial charge in [0, 0.05) is 32.4 Å². The standard InChI is InChI=1S/C22H28F3N3O3.2C2H6/c1-4-11-26-21(19(5-2)22(23,24)25)27(3)17-10-12-28(13-17)20(30)15-31-18-8-6-16(14-29)7-9-18;2*1-2/h4-9,11,17,19,29H,2,10,12-15H2,1,3H3;2*1-2H3/b11-4-,26-21?;;. The third-order valence-corrected chi connectivity index (χ3v) is 5.12. The summed E-state index contributed by atoms with van der Waals surface area (Å²) in [6, 6.07) is 6.42. The van der Waals surface area contributed by atoms with Gasteiger partial charge in [0.25, 0.3) is 5.91 Å². The normalized spacial score (nSPS) is 16.6. The van der Waals surface area contributed by atoms with Gasteiger partial charge in [-0.2, -0.15) is 13.2 Å². The molecule has 35 heavy (non-hydrogen) atoms. The van der Waals surface area contributed by atoms with E-state index in [9.17, 15) is 18.0 Å². The van der Waals surface area contributed by atoms with Crippen LogP contribution in [0.3, 0.4) is 0 Å². The highest BCUT2D eigenvalue weighted by Gasteiger charge is 2.44. The molecule has 1 aromatic carbocycles. The summed E-state index contributed by atoms with van der Waals surface area (Å²) >= 11 is 0. The van der Waals surface area contributed by atoms with Crippen LogP contribution < -0.4 is 4.74 Å². The van der Waals surface area contributed by atoms with Crippen molar-refractivity contribution in [2.75, 3.05) is 26.7 Å². The number of amidine groups is 1. The average Bonchev–Trinajstić information content (AvgIpc) is 3.37. The van der Waals surface area contributed by atoms with Crippen LogP contribution >= 0.6 is 0 Å². The zero-order valence-corrected chi connectivity index (χ0v) is 21.7. The van der Waals surface area contributed by atoms with Crippen molar-refractivity contribution in [1.29, 1.82) is 0 Å². The number of amides is 1. The third-order valence-electron chi connectivity index (χ3n) is 5.12. The summed E-state index contributed by atoms with van der Waals surface area (Å²) in [7, 11) is 1.56. The molecular weight excluding hydrogens is 459 g/mol. The van der Waals surface area contributed by atoms with Crippen molar-refractivity contribution < 1.29 is 27.8 Å². The Morgan fingerprint density at radius 3 is 2.37 bits per heavy atom. The number of halogens is 3. The molecule has 0 radical (unpaired) electrons. The van der Waals surface area contributed by atoms with E-state index in [0.717, 1.165) is 11.6 Å². The lowest BCUT2D eigenvalue weighted by molar-refractivity contribution is -0.145. The molecule has 198 valence electrons. The first-order valence-corrected chi connectivity index (χ1v) is 11.9. The fourth-order valence-electron chi connectivity index (χ4n) is 3.33. The van der Waals surface area contributed by atoms with Crippen molar-refractivity contribution in [3.63, 3.8) is 0 Å². The molecule has 0 aliphatic carbocycles. The highest BCUT2D eigenvalue weighted by molar-refractivity contribution is 5.87. The second-order valence-corrected chi connectivity index (χ2v) is 7.21. The summed E-state index contributed by atoms with van der Waals surface area (Å²) in [5.74, 6) is -1.80. The number of aliphatic hydroxyl groups is 1. The number of likely N-dealkylation sites (N-methyl/N-ethyl adjacent to an activating group) is 1. The molecule has 2 atom stereocenters. The van der Waals surface area contributed by atoms with Gasteiger partial charge in [-0.1, -0.05) is 52.0 Å². The fourth-order valence-corrected chi connectivity index (χ4v) is 3.33. The Bertz CT molecular complexity index is 808. The van der Waals surface area contributed by atoms with Gasteiger partial charge in [0.15, 0.2) is 6.61 Å². The van der Waals surface area contributed by atoms with Crippen LogP contribution in [0.2, 0.25) is 0 Å². The quantitative estimate of drug-likeness (QED) is 0.294. The van der Waals surface area contributed by atoms with E-state index in [0.29, 0.717) is 18.7 Å². The third kappa shape index (κ3) is 10.1. The molecule has 1 N–H and O–H groups in total. The van der Waals surface area contributed by atoms with E-state index in [1.165, 1.54) is 11.1 Å². The Labute approximate surface area is 207 Å². The van der Waals surface area contributed by atoms with E-state index in [1.807, 2.05) is 27.7 Å². The first kappa shape index (κ1) is 32.2. The van der Waals surface area contributed by atoms with E-state index in [2.05, 4.69) is 11.6 Å². The number of benzene rings is 1. The van der Waals surface area contributed by atoms with Gasteiger partial charge in [-0.3, -0.25) is 4.79 Å². The van der Waals surface area contributed by atoms with Crippen LogP contribution in [0.15, 0.2) is 54.2 Å². The van der Waals surface area contributed by atoms with Crippen LogP contribution in [0.5, 0.6) is 5.75 Å². The molecule has 2 unspecified atom stereocenters. The Balaban J connectivity index is 0.00000274. The number of aliphatic imine (C=N–C) groups is 1. The van der Waals surface area contributed by atoms with Crippen LogP contribution in [0.4, 0.5) is 13.2 Å². The maximum Gasteiger partial charge on any atom is 0.402 e. The van der Waals surface area contributed by atoms with Gasteiger partial charge in [0.1, 0.15) is 17.5 Å². The Kier molecular flexibility index (Phi) is 15.4. The van der Waals surface area contributed by atoms with Crippen molar-refractivity contribution in [2.45, 2.75) is 59.9 Å². The number of ether oxygens (including phenoxy) is 1. The highest BCUT2D eigenvalue weighted by atomic mass is 19.4. The Morgan fingerprint density at radius 2 is 1.89 bits per heavy atom. The number of carbonyl (C=O) groups is 1. The number of alkyl halides is 3. The molecule has 1 fully saturated rings. The Hall–Kier alpha value is -2.81. The first-order valence-electron chi connectivity index (χ1n) is 11.9. The zero-order chi connectivity index (χ0) is 27.0. The van der Waals surface area contributed by atoms with Gasteiger partial charge in [0.05, 0.1) is 6.61 Å². The maximum absolute atomic E-state index is 13.5. The lowest BCUT2D eigenvalue weighted by atomic mass is 10.1. The number of hydrogen-bond donors (Lipinski definition) is 1. The minimum absolute atomic E-state index is 0.0811. The van der Waals surface area contributed by atoms with Crippen molar-refractivity contribution in [2.24, 2.45) is 10.9 Å². The molecule has 1 aromatic rings. The monoisotopic (exact) mass is 499 g/mol. The fraction of sp³-hybridized carbons (Fsp3) is 0.538. The van der Waals surface area contributed by atoms with Crippen LogP contribution in [0, 0.1) is 5.92 Å². The summed E-state index contributed by atoms with van der Waals surface area (Å²) in [4.78, 5) is 19.6. The first-order chi connectivity index (χ1) is 16.7. The van der Waals surface area contributed by atoms with Gasteiger partial charge in [0.2, 0.25) is 0 Å². The molecule has 6 nitrogen and oxygen atoms in total. The number of hydrogen-bond acceptors (Lipinski definition) is 4. The SMILES string of the molecule is C=CC(C(=N/C=C\C)N(C)C1CCN(C(=O)COc2ccc(CO)cc2)C1)C(F)(F)F.CC.CC. The predicted molar refractivity (Wildman–Crippen MR) is 135 cm³/mol. The lowest BCUT2D eigenvalue weighted by Gasteiger charge is -2.32. The van der Waals surface area contributed by atoms with E-state index in [-0.39, 0.29) is 37.5 Å². The summed E-state index contributed by atoms with van der Waals surface area (Å²) < 4.78 is 45.9. The smallest absolute Gasteiger partial charge is 0.402 e. The molecule has 9 heteroatoms. The van der Waals surface area contributed by atoms with Crippen molar-refractivity contribution in [3.8, 4) is 5.75 Å². The molecule has 1 amide bonds. The number of allylic oxidation sites excluding steroid dienone is 1. The van der Waals surface area contributed by atoms with E-state index in [1.54, 1.807) is 49.2 Å². The second-order valence-electron chi connectivity index (χ2n) is 7.21. The van der Waals surface area contributed by atoms with E-state index >= 15 is 0 Å². The largest absolute Gasteiger partial charge is 0.484 e. The maximum atomic E-state index is 13.5. The minimum Gasteiger partial charge on any atom is -0.484 e. The van der Waals surface area contributed by atoms with Crippen LogP contribution in [-0.4, -0.2) is 65.6 Å². The number of aliphatic hydroxyl groups excluding tert-OH is 1. The lowest BCUT2D eigenvalue weighted by Crippen LogP contribution is -2.46. The highest BCUT2D eigenvalue weighted by Crippen LogP contribution is 2.31.